The first kappa shape index (κ1) is 15.1. The highest BCUT2D eigenvalue weighted by Gasteiger charge is 2.13. The Labute approximate surface area is 131 Å². The minimum absolute atomic E-state index is 0.0684. The number of para-hydroxylation sites is 2. The van der Waals surface area contributed by atoms with Crippen molar-refractivity contribution in [3.63, 3.8) is 0 Å². The van der Waals surface area contributed by atoms with Crippen LogP contribution in [-0.2, 0) is 0 Å². The van der Waals surface area contributed by atoms with Crippen LogP contribution in [0.1, 0.15) is 15.9 Å². The second-order valence-electron chi connectivity index (χ2n) is 4.33. The van der Waals surface area contributed by atoms with E-state index in [1.165, 1.54) is 0 Å². The topological polar surface area (TPSA) is 62.1 Å². The highest BCUT2D eigenvalue weighted by atomic mass is 79.9. The van der Waals surface area contributed by atoms with Gasteiger partial charge in [-0.2, -0.15) is 5.26 Å². The van der Waals surface area contributed by atoms with Crippen molar-refractivity contribution >= 4 is 27.5 Å². The fraction of sp³-hybridized carbons (Fsp3) is 0.125. The van der Waals surface area contributed by atoms with Gasteiger partial charge in [-0.05, 0) is 46.6 Å². The zero-order valence-electron chi connectivity index (χ0n) is 11.4. The number of nitrogens with one attached hydrogen (secondary N) is 1. The summed E-state index contributed by atoms with van der Waals surface area (Å²) >= 11 is 3.42. The summed E-state index contributed by atoms with van der Waals surface area (Å²) in [5.41, 5.74) is 2.06. The molecule has 0 saturated carbocycles. The van der Waals surface area contributed by atoms with Gasteiger partial charge in [-0.25, -0.2) is 0 Å². The van der Waals surface area contributed by atoms with E-state index in [1.54, 1.807) is 30.3 Å². The molecule has 106 valence electrons. The molecule has 0 heterocycles. The Morgan fingerprint density at radius 1 is 1.29 bits per heavy atom. The van der Waals surface area contributed by atoms with E-state index in [-0.39, 0.29) is 12.5 Å². The molecule has 0 unspecified atom stereocenters. The van der Waals surface area contributed by atoms with Crippen molar-refractivity contribution in [1.82, 2.24) is 0 Å². The molecule has 0 aliphatic heterocycles. The minimum Gasteiger partial charge on any atom is -0.477 e. The average molecular weight is 345 g/mol. The van der Waals surface area contributed by atoms with Crippen molar-refractivity contribution in [2.24, 2.45) is 0 Å². The number of hydrogen-bond donors (Lipinski definition) is 1. The Bertz CT molecular complexity index is 708. The summed E-state index contributed by atoms with van der Waals surface area (Å²) in [6, 6.07) is 14.4. The Morgan fingerprint density at radius 2 is 2.05 bits per heavy atom. The fourth-order valence-electron chi connectivity index (χ4n) is 1.82. The van der Waals surface area contributed by atoms with Crippen LogP contribution < -0.4 is 10.1 Å². The monoisotopic (exact) mass is 344 g/mol. The van der Waals surface area contributed by atoms with Crippen LogP contribution in [0, 0.1) is 18.3 Å². The third-order valence-electron chi connectivity index (χ3n) is 2.86. The van der Waals surface area contributed by atoms with Gasteiger partial charge in [0.2, 0.25) is 0 Å². The lowest BCUT2D eigenvalue weighted by atomic mass is 10.1. The van der Waals surface area contributed by atoms with Gasteiger partial charge in [-0.1, -0.05) is 24.3 Å². The number of carbonyl (C=O) groups excluding carboxylic acids is 1. The summed E-state index contributed by atoms with van der Waals surface area (Å²) in [7, 11) is 0. The maximum Gasteiger partial charge on any atom is 0.256 e. The largest absolute Gasteiger partial charge is 0.477 e. The van der Waals surface area contributed by atoms with Crippen LogP contribution in [0.15, 0.2) is 46.9 Å². The predicted octanol–water partition coefficient (Wildman–Crippen LogP) is 3.91. The molecule has 21 heavy (non-hydrogen) atoms. The van der Waals surface area contributed by atoms with Crippen molar-refractivity contribution in [3.8, 4) is 11.8 Å². The summed E-state index contributed by atoms with van der Waals surface area (Å²) < 4.78 is 6.05. The highest BCUT2D eigenvalue weighted by molar-refractivity contribution is 9.10. The van der Waals surface area contributed by atoms with Gasteiger partial charge in [0.25, 0.3) is 5.91 Å². The Kier molecular flexibility index (Phi) is 4.96. The summed E-state index contributed by atoms with van der Waals surface area (Å²) in [6.07, 6.45) is 0. The van der Waals surface area contributed by atoms with E-state index >= 15 is 0 Å². The summed E-state index contributed by atoms with van der Waals surface area (Å²) in [4.78, 5) is 12.4. The van der Waals surface area contributed by atoms with E-state index in [1.807, 2.05) is 25.1 Å². The maximum atomic E-state index is 12.4. The summed E-state index contributed by atoms with van der Waals surface area (Å²) in [6.45, 7) is 1.85. The standard InChI is InChI=1S/C16H13BrN2O2/c1-11-5-4-6-12(15(11)17)16(20)19-13-7-2-3-8-14(13)21-10-9-18/h2-8H,10H2,1H3,(H,19,20). The second kappa shape index (κ2) is 6.91. The van der Waals surface area contributed by atoms with Crippen LogP contribution in [0.2, 0.25) is 0 Å². The number of aryl methyl sites for hydroxylation is 1. The van der Waals surface area contributed by atoms with Gasteiger partial charge in [0, 0.05) is 4.47 Å². The zero-order valence-corrected chi connectivity index (χ0v) is 13.0. The van der Waals surface area contributed by atoms with Crippen LogP contribution in [0.5, 0.6) is 5.75 Å². The van der Waals surface area contributed by atoms with Crippen molar-refractivity contribution in [1.29, 1.82) is 5.26 Å². The van der Waals surface area contributed by atoms with E-state index in [0.717, 1.165) is 10.0 Å². The number of carbonyl (C=O) groups is 1. The first-order chi connectivity index (χ1) is 10.1. The zero-order chi connectivity index (χ0) is 15.2. The number of rotatable bonds is 4. The number of halogens is 1. The van der Waals surface area contributed by atoms with Gasteiger partial charge in [-0.3, -0.25) is 4.79 Å². The first-order valence-corrected chi connectivity index (χ1v) is 7.08. The number of amides is 1. The molecule has 1 amide bonds. The Balaban J connectivity index is 2.24. The molecule has 2 rings (SSSR count). The van der Waals surface area contributed by atoms with E-state index in [2.05, 4.69) is 21.2 Å². The lowest BCUT2D eigenvalue weighted by Gasteiger charge is -2.12. The minimum atomic E-state index is -0.237. The highest BCUT2D eigenvalue weighted by Crippen LogP contribution is 2.26. The molecule has 4 nitrogen and oxygen atoms in total. The molecule has 0 aliphatic carbocycles. The van der Waals surface area contributed by atoms with E-state index < -0.39 is 0 Å². The quantitative estimate of drug-likeness (QED) is 0.914. The van der Waals surface area contributed by atoms with Crippen LogP contribution in [0.3, 0.4) is 0 Å². The molecule has 0 radical (unpaired) electrons. The van der Waals surface area contributed by atoms with E-state index in [0.29, 0.717) is 17.0 Å². The first-order valence-electron chi connectivity index (χ1n) is 6.28. The van der Waals surface area contributed by atoms with Crippen molar-refractivity contribution in [2.75, 3.05) is 11.9 Å². The van der Waals surface area contributed by atoms with Crippen LogP contribution >= 0.6 is 15.9 Å². The number of hydrogen-bond acceptors (Lipinski definition) is 3. The number of anilines is 1. The molecule has 1 N–H and O–H groups in total. The number of benzene rings is 2. The van der Waals surface area contributed by atoms with Crippen LogP contribution in [-0.4, -0.2) is 12.5 Å². The lowest BCUT2D eigenvalue weighted by Crippen LogP contribution is -2.14. The summed E-state index contributed by atoms with van der Waals surface area (Å²) in [5, 5.41) is 11.4. The Hall–Kier alpha value is -2.32. The number of ether oxygens (including phenoxy) is 1. The molecule has 0 bridgehead atoms. The number of nitrogens with zero attached hydrogens (tertiary/aromatic N) is 1. The molecule has 0 saturated heterocycles. The third kappa shape index (κ3) is 3.61. The summed E-state index contributed by atoms with van der Waals surface area (Å²) in [5.74, 6) is 0.231. The molecule has 0 atom stereocenters. The molecule has 2 aromatic carbocycles. The smallest absolute Gasteiger partial charge is 0.256 e. The third-order valence-corrected chi connectivity index (χ3v) is 3.92. The molecule has 5 heteroatoms. The lowest BCUT2D eigenvalue weighted by molar-refractivity contribution is 0.102. The van der Waals surface area contributed by atoms with Gasteiger partial charge in [-0.15, -0.1) is 0 Å². The molecule has 0 fully saturated rings. The van der Waals surface area contributed by atoms with Crippen molar-refractivity contribution in [2.45, 2.75) is 6.92 Å². The van der Waals surface area contributed by atoms with Crippen molar-refractivity contribution < 1.29 is 9.53 Å². The van der Waals surface area contributed by atoms with Crippen LogP contribution in [0.4, 0.5) is 5.69 Å². The Morgan fingerprint density at radius 3 is 2.81 bits per heavy atom. The van der Waals surface area contributed by atoms with Gasteiger partial charge >= 0.3 is 0 Å². The molecule has 0 aliphatic rings. The van der Waals surface area contributed by atoms with Gasteiger partial charge in [0.15, 0.2) is 6.61 Å². The van der Waals surface area contributed by atoms with Crippen LogP contribution in [0.25, 0.3) is 0 Å². The molecule has 0 aromatic heterocycles. The molecular formula is C16H13BrN2O2. The molecule has 0 spiro atoms. The maximum absolute atomic E-state index is 12.4. The van der Waals surface area contributed by atoms with E-state index in [9.17, 15) is 4.79 Å². The number of nitriles is 1. The molecule has 2 aromatic rings. The fourth-order valence-corrected chi connectivity index (χ4v) is 2.26. The normalized spacial score (nSPS) is 9.76. The van der Waals surface area contributed by atoms with Gasteiger partial charge < -0.3 is 10.1 Å². The van der Waals surface area contributed by atoms with Crippen molar-refractivity contribution in [3.05, 3.63) is 58.1 Å². The van der Waals surface area contributed by atoms with E-state index in [4.69, 9.17) is 10.00 Å². The van der Waals surface area contributed by atoms with Gasteiger partial charge in [0.1, 0.15) is 11.8 Å². The predicted molar refractivity (Wildman–Crippen MR) is 84.4 cm³/mol. The van der Waals surface area contributed by atoms with Gasteiger partial charge in [0.05, 0.1) is 11.3 Å². The second-order valence-corrected chi connectivity index (χ2v) is 5.13. The molecular weight excluding hydrogens is 332 g/mol. The SMILES string of the molecule is Cc1cccc(C(=O)Nc2ccccc2OCC#N)c1Br. The average Bonchev–Trinajstić information content (AvgIpc) is 2.49.